The smallest absolute Gasteiger partial charge is 0.336 e. The van der Waals surface area contributed by atoms with Gasteiger partial charge in [-0.15, -0.1) is 11.3 Å². The molecule has 1 N–H and O–H groups in total. The van der Waals surface area contributed by atoms with E-state index in [4.69, 9.17) is 0 Å². The molecule has 0 aliphatic rings. The van der Waals surface area contributed by atoms with E-state index in [1.54, 1.807) is 23.5 Å². The van der Waals surface area contributed by atoms with Crippen LogP contribution >= 0.6 is 11.3 Å². The molecule has 2 aromatic heterocycles. The van der Waals surface area contributed by atoms with Gasteiger partial charge in [-0.05, 0) is 24.6 Å². The van der Waals surface area contributed by atoms with Crippen molar-refractivity contribution in [2.24, 2.45) is 0 Å². The Hall–Kier alpha value is -2.14. The van der Waals surface area contributed by atoms with E-state index in [-0.39, 0.29) is 0 Å². The zero-order valence-electron chi connectivity index (χ0n) is 11.0. The molecule has 0 spiro atoms. The third-order valence-electron chi connectivity index (χ3n) is 3.28. The quantitative estimate of drug-likeness (QED) is 0.799. The van der Waals surface area contributed by atoms with Gasteiger partial charge in [0.25, 0.3) is 0 Å². The first-order chi connectivity index (χ1) is 9.69. The Bertz CT molecular complexity index is 773. The summed E-state index contributed by atoms with van der Waals surface area (Å²) in [6, 6.07) is 7.20. The van der Waals surface area contributed by atoms with Gasteiger partial charge in [0, 0.05) is 22.5 Å². The van der Waals surface area contributed by atoms with Crippen molar-refractivity contribution in [1.82, 2.24) is 9.55 Å². The molecule has 102 valence electrons. The lowest BCUT2D eigenvalue weighted by atomic mass is 10.1. The summed E-state index contributed by atoms with van der Waals surface area (Å²) in [5.41, 5.74) is 2.29. The molecule has 0 fully saturated rings. The normalized spacial score (nSPS) is 11.1. The highest BCUT2D eigenvalue weighted by atomic mass is 32.1. The lowest BCUT2D eigenvalue weighted by Crippen LogP contribution is -2.00. The molecule has 3 aromatic rings. The molecular weight excluding hydrogens is 272 g/mol. The molecule has 20 heavy (non-hydrogen) atoms. The van der Waals surface area contributed by atoms with E-state index in [1.807, 2.05) is 22.9 Å². The number of aryl methyl sites for hydroxylation is 1. The number of carbonyl (C=O) groups is 1. The van der Waals surface area contributed by atoms with Crippen LogP contribution in [0.3, 0.4) is 0 Å². The number of carboxylic acid groups (broad SMARTS) is 1. The second-order valence-electron chi connectivity index (χ2n) is 4.57. The summed E-state index contributed by atoms with van der Waals surface area (Å²) in [6.07, 6.45) is 2.86. The average Bonchev–Trinajstić information content (AvgIpc) is 3.06. The molecule has 0 atom stereocenters. The number of fused-ring (bicyclic) bond motifs is 1. The number of hydrogen-bond donors (Lipinski definition) is 1. The highest BCUT2D eigenvalue weighted by Gasteiger charge is 2.11. The highest BCUT2D eigenvalue weighted by Crippen LogP contribution is 2.22. The maximum absolute atomic E-state index is 11.2. The SMILES string of the molecule is CCc1nc(Cn2ccc3c(C(=O)O)cccc32)cs1. The molecule has 2 heterocycles. The average molecular weight is 286 g/mol. The summed E-state index contributed by atoms with van der Waals surface area (Å²) < 4.78 is 2.04. The summed E-state index contributed by atoms with van der Waals surface area (Å²) in [5.74, 6) is -0.893. The largest absolute Gasteiger partial charge is 0.478 e. The number of carboxylic acids is 1. The predicted molar refractivity (Wildman–Crippen MR) is 79.5 cm³/mol. The Kier molecular flexibility index (Phi) is 3.28. The fraction of sp³-hybridized carbons (Fsp3) is 0.200. The van der Waals surface area contributed by atoms with Crippen LogP contribution in [-0.4, -0.2) is 20.6 Å². The van der Waals surface area contributed by atoms with E-state index in [2.05, 4.69) is 17.3 Å². The van der Waals surface area contributed by atoms with Gasteiger partial charge in [0.1, 0.15) is 0 Å². The molecule has 3 rings (SSSR count). The van der Waals surface area contributed by atoms with Crippen molar-refractivity contribution in [2.75, 3.05) is 0 Å². The molecule has 0 aliphatic heterocycles. The van der Waals surface area contributed by atoms with Crippen LogP contribution in [0.4, 0.5) is 0 Å². The fourth-order valence-electron chi connectivity index (χ4n) is 2.31. The lowest BCUT2D eigenvalue weighted by Gasteiger charge is -2.04. The van der Waals surface area contributed by atoms with Gasteiger partial charge < -0.3 is 9.67 Å². The number of hydrogen-bond acceptors (Lipinski definition) is 3. The molecular formula is C15H14N2O2S. The van der Waals surface area contributed by atoms with Gasteiger partial charge >= 0.3 is 5.97 Å². The Balaban J connectivity index is 2.00. The Labute approximate surface area is 120 Å². The molecule has 4 nitrogen and oxygen atoms in total. The molecule has 0 unspecified atom stereocenters. The first-order valence-corrected chi connectivity index (χ1v) is 7.31. The van der Waals surface area contributed by atoms with Gasteiger partial charge in [0.15, 0.2) is 0 Å². The molecule has 0 bridgehead atoms. The number of aromatic nitrogens is 2. The molecule has 5 heteroatoms. The molecule has 0 saturated heterocycles. The minimum absolute atomic E-state index is 0.341. The van der Waals surface area contributed by atoms with Crippen molar-refractivity contribution >= 4 is 28.2 Å². The minimum atomic E-state index is -0.893. The summed E-state index contributed by atoms with van der Waals surface area (Å²) in [7, 11) is 0. The van der Waals surface area contributed by atoms with Crippen molar-refractivity contribution in [2.45, 2.75) is 19.9 Å². The van der Waals surface area contributed by atoms with Crippen molar-refractivity contribution in [3.8, 4) is 0 Å². The zero-order valence-corrected chi connectivity index (χ0v) is 11.9. The summed E-state index contributed by atoms with van der Waals surface area (Å²) in [6.45, 7) is 2.76. The molecule has 0 amide bonds. The zero-order chi connectivity index (χ0) is 14.1. The van der Waals surface area contributed by atoms with E-state index in [1.165, 1.54) is 0 Å². The highest BCUT2D eigenvalue weighted by molar-refractivity contribution is 7.09. The number of rotatable bonds is 4. The van der Waals surface area contributed by atoms with Gasteiger partial charge in [-0.2, -0.15) is 0 Å². The van der Waals surface area contributed by atoms with Gasteiger partial charge in [-0.25, -0.2) is 9.78 Å². The van der Waals surface area contributed by atoms with Gasteiger partial charge in [0.05, 0.1) is 22.8 Å². The van der Waals surface area contributed by atoms with Crippen LogP contribution in [-0.2, 0) is 13.0 Å². The maximum Gasteiger partial charge on any atom is 0.336 e. The van der Waals surface area contributed by atoms with E-state index in [9.17, 15) is 9.90 Å². The number of aromatic carboxylic acids is 1. The van der Waals surface area contributed by atoms with Crippen LogP contribution in [0.2, 0.25) is 0 Å². The monoisotopic (exact) mass is 286 g/mol. The third-order valence-corrected chi connectivity index (χ3v) is 4.32. The first-order valence-electron chi connectivity index (χ1n) is 6.43. The topological polar surface area (TPSA) is 55.1 Å². The van der Waals surface area contributed by atoms with Gasteiger partial charge in [-0.1, -0.05) is 13.0 Å². The number of nitrogens with zero attached hydrogens (tertiary/aromatic N) is 2. The summed E-state index contributed by atoms with van der Waals surface area (Å²) in [5, 5.41) is 13.2. The van der Waals surface area contributed by atoms with E-state index >= 15 is 0 Å². The van der Waals surface area contributed by atoms with Crippen molar-refractivity contribution in [1.29, 1.82) is 0 Å². The second kappa shape index (κ2) is 5.09. The van der Waals surface area contributed by atoms with Crippen molar-refractivity contribution in [3.05, 3.63) is 52.1 Å². The van der Waals surface area contributed by atoms with Crippen molar-refractivity contribution < 1.29 is 9.90 Å². The van der Waals surface area contributed by atoms with Crippen LogP contribution in [0.25, 0.3) is 10.9 Å². The van der Waals surface area contributed by atoms with Crippen LogP contribution in [0.15, 0.2) is 35.8 Å². The third kappa shape index (κ3) is 2.20. The van der Waals surface area contributed by atoms with Crippen LogP contribution in [0.5, 0.6) is 0 Å². The fourth-order valence-corrected chi connectivity index (χ4v) is 3.04. The van der Waals surface area contributed by atoms with E-state index in [0.29, 0.717) is 12.1 Å². The Morgan fingerprint density at radius 3 is 2.95 bits per heavy atom. The van der Waals surface area contributed by atoms with Crippen LogP contribution in [0, 0.1) is 0 Å². The summed E-state index contributed by atoms with van der Waals surface area (Å²) >= 11 is 1.67. The predicted octanol–water partition coefficient (Wildman–Crippen LogP) is 3.41. The first kappa shape index (κ1) is 12.9. The second-order valence-corrected chi connectivity index (χ2v) is 5.52. The number of benzene rings is 1. The lowest BCUT2D eigenvalue weighted by molar-refractivity contribution is 0.0699. The Morgan fingerprint density at radius 2 is 2.25 bits per heavy atom. The van der Waals surface area contributed by atoms with E-state index in [0.717, 1.165) is 28.0 Å². The number of thiazole rings is 1. The van der Waals surface area contributed by atoms with Crippen LogP contribution < -0.4 is 0 Å². The van der Waals surface area contributed by atoms with E-state index < -0.39 is 5.97 Å². The minimum Gasteiger partial charge on any atom is -0.478 e. The standard InChI is InChI=1S/C15H14N2O2S/c1-2-14-16-10(9-20-14)8-17-7-6-11-12(15(18)19)4-3-5-13(11)17/h3-7,9H,2,8H2,1H3,(H,18,19). The van der Waals surface area contributed by atoms with Gasteiger partial charge in [0.2, 0.25) is 0 Å². The molecule has 0 saturated carbocycles. The maximum atomic E-state index is 11.2. The molecule has 0 radical (unpaired) electrons. The van der Waals surface area contributed by atoms with Crippen molar-refractivity contribution in [3.63, 3.8) is 0 Å². The molecule has 1 aromatic carbocycles. The van der Waals surface area contributed by atoms with Gasteiger partial charge in [-0.3, -0.25) is 0 Å². The Morgan fingerprint density at radius 1 is 1.40 bits per heavy atom. The molecule has 0 aliphatic carbocycles. The summed E-state index contributed by atoms with van der Waals surface area (Å²) in [4.78, 5) is 15.8. The van der Waals surface area contributed by atoms with Crippen LogP contribution in [0.1, 0.15) is 28.0 Å².